The van der Waals surface area contributed by atoms with Gasteiger partial charge >= 0.3 is 0 Å². The summed E-state index contributed by atoms with van der Waals surface area (Å²) in [6, 6.07) is 7.97. The molecule has 1 aliphatic rings. The van der Waals surface area contributed by atoms with Gasteiger partial charge in [-0.3, -0.25) is 0 Å². The zero-order valence-corrected chi connectivity index (χ0v) is 9.72. The van der Waals surface area contributed by atoms with Gasteiger partial charge in [0, 0.05) is 18.7 Å². The van der Waals surface area contributed by atoms with E-state index in [4.69, 9.17) is 17.0 Å². The molecular weight excluding hydrogens is 206 g/mol. The van der Waals surface area contributed by atoms with Gasteiger partial charge in [0.1, 0.15) is 10.7 Å². The van der Waals surface area contributed by atoms with Gasteiger partial charge in [-0.2, -0.15) is 0 Å². The second-order valence-electron chi connectivity index (χ2n) is 3.73. The highest BCUT2D eigenvalue weighted by atomic mass is 32.1. The number of likely N-dealkylation sites (tertiary alicyclic amines) is 1. The molecule has 0 unspecified atom stereocenters. The standard InChI is InChI=1S/C12H15NOS/c1-14-11-6-4-5-10(9-11)12(15)13-7-2-3-8-13/h4-6,9H,2-3,7-8H2,1H3. The molecule has 15 heavy (non-hydrogen) atoms. The Bertz CT molecular complexity index is 358. The quantitative estimate of drug-likeness (QED) is 0.712. The van der Waals surface area contributed by atoms with Crippen LogP contribution in [0, 0.1) is 0 Å². The summed E-state index contributed by atoms with van der Waals surface area (Å²) in [6.45, 7) is 2.19. The van der Waals surface area contributed by atoms with E-state index in [-0.39, 0.29) is 0 Å². The molecule has 0 aromatic heterocycles. The molecule has 1 aromatic carbocycles. The van der Waals surface area contributed by atoms with Gasteiger partial charge in [-0.15, -0.1) is 0 Å². The SMILES string of the molecule is COc1cccc(C(=S)N2CCCC2)c1. The van der Waals surface area contributed by atoms with Crippen molar-refractivity contribution in [1.82, 2.24) is 4.90 Å². The Kier molecular flexibility index (Phi) is 3.21. The van der Waals surface area contributed by atoms with Crippen molar-refractivity contribution in [2.24, 2.45) is 0 Å². The Labute approximate surface area is 95.8 Å². The Balaban J connectivity index is 2.17. The summed E-state index contributed by atoms with van der Waals surface area (Å²) in [5.41, 5.74) is 1.09. The van der Waals surface area contributed by atoms with Crippen LogP contribution in [0.4, 0.5) is 0 Å². The first-order valence-electron chi connectivity index (χ1n) is 5.24. The van der Waals surface area contributed by atoms with Crippen LogP contribution in [0.3, 0.4) is 0 Å². The third kappa shape index (κ3) is 2.29. The number of benzene rings is 1. The maximum atomic E-state index is 5.46. The van der Waals surface area contributed by atoms with Crippen LogP contribution < -0.4 is 4.74 Å². The van der Waals surface area contributed by atoms with Crippen LogP contribution in [0.1, 0.15) is 18.4 Å². The molecular formula is C12H15NOS. The second-order valence-corrected chi connectivity index (χ2v) is 4.12. The van der Waals surface area contributed by atoms with Crippen molar-refractivity contribution in [3.8, 4) is 5.75 Å². The molecule has 3 heteroatoms. The fourth-order valence-electron chi connectivity index (χ4n) is 1.86. The van der Waals surface area contributed by atoms with E-state index in [9.17, 15) is 0 Å². The minimum Gasteiger partial charge on any atom is -0.497 e. The predicted octanol–water partition coefficient (Wildman–Crippen LogP) is 2.47. The summed E-state index contributed by atoms with van der Waals surface area (Å²) in [5, 5.41) is 0. The highest BCUT2D eigenvalue weighted by Crippen LogP contribution is 2.18. The van der Waals surface area contributed by atoms with Crippen molar-refractivity contribution in [3.63, 3.8) is 0 Å². The molecule has 1 saturated heterocycles. The van der Waals surface area contributed by atoms with Crippen LogP contribution in [0.25, 0.3) is 0 Å². The van der Waals surface area contributed by atoms with Crippen LogP contribution in [0.5, 0.6) is 5.75 Å². The molecule has 0 radical (unpaired) electrons. The van der Waals surface area contributed by atoms with E-state index in [1.54, 1.807) is 7.11 Å². The molecule has 0 bridgehead atoms. The largest absolute Gasteiger partial charge is 0.497 e. The van der Waals surface area contributed by atoms with Gasteiger partial charge in [0.25, 0.3) is 0 Å². The van der Waals surface area contributed by atoms with Gasteiger partial charge in [0.15, 0.2) is 0 Å². The van der Waals surface area contributed by atoms with Crippen molar-refractivity contribution in [1.29, 1.82) is 0 Å². The number of rotatable bonds is 2. The van der Waals surface area contributed by atoms with Crippen molar-refractivity contribution in [3.05, 3.63) is 29.8 Å². The highest BCUT2D eigenvalue weighted by molar-refractivity contribution is 7.80. The van der Waals surface area contributed by atoms with Gasteiger partial charge in [0.05, 0.1) is 7.11 Å². The van der Waals surface area contributed by atoms with Crippen LogP contribution in [0.15, 0.2) is 24.3 Å². The molecule has 0 atom stereocenters. The summed E-state index contributed by atoms with van der Waals surface area (Å²) in [7, 11) is 1.68. The number of thiocarbonyl (C=S) groups is 1. The minimum atomic E-state index is 0.869. The Hall–Kier alpha value is -1.09. The normalized spacial score (nSPS) is 15.4. The Morgan fingerprint density at radius 1 is 1.33 bits per heavy atom. The predicted molar refractivity (Wildman–Crippen MR) is 65.5 cm³/mol. The van der Waals surface area contributed by atoms with Crippen LogP contribution in [-0.4, -0.2) is 30.1 Å². The fraction of sp³-hybridized carbons (Fsp3) is 0.417. The topological polar surface area (TPSA) is 12.5 Å². The number of hydrogen-bond acceptors (Lipinski definition) is 2. The molecule has 0 aliphatic carbocycles. The number of hydrogen-bond donors (Lipinski definition) is 0. The molecule has 2 nitrogen and oxygen atoms in total. The molecule has 1 aliphatic heterocycles. The third-order valence-electron chi connectivity index (χ3n) is 2.71. The third-order valence-corrected chi connectivity index (χ3v) is 3.20. The zero-order chi connectivity index (χ0) is 10.7. The lowest BCUT2D eigenvalue weighted by Crippen LogP contribution is -2.26. The number of ether oxygens (including phenoxy) is 1. The Morgan fingerprint density at radius 2 is 2.07 bits per heavy atom. The summed E-state index contributed by atoms with van der Waals surface area (Å²) in [6.07, 6.45) is 2.51. The van der Waals surface area contributed by atoms with E-state index in [0.717, 1.165) is 29.4 Å². The van der Waals surface area contributed by atoms with Gasteiger partial charge in [-0.1, -0.05) is 24.4 Å². The second kappa shape index (κ2) is 4.62. The lowest BCUT2D eigenvalue weighted by molar-refractivity contribution is 0.414. The Morgan fingerprint density at radius 3 is 2.73 bits per heavy atom. The summed E-state index contributed by atoms with van der Waals surface area (Å²) < 4.78 is 5.19. The molecule has 1 aromatic rings. The maximum absolute atomic E-state index is 5.46. The first kappa shape index (κ1) is 10.4. The molecule has 2 rings (SSSR count). The van der Waals surface area contributed by atoms with Gasteiger partial charge in [0.2, 0.25) is 0 Å². The van der Waals surface area contributed by atoms with E-state index in [0.29, 0.717) is 0 Å². The smallest absolute Gasteiger partial charge is 0.119 e. The van der Waals surface area contributed by atoms with Crippen LogP contribution in [-0.2, 0) is 0 Å². The molecule has 0 saturated carbocycles. The van der Waals surface area contributed by atoms with E-state index >= 15 is 0 Å². The zero-order valence-electron chi connectivity index (χ0n) is 8.90. The number of nitrogens with zero attached hydrogens (tertiary/aromatic N) is 1. The first-order valence-corrected chi connectivity index (χ1v) is 5.65. The molecule has 0 amide bonds. The maximum Gasteiger partial charge on any atom is 0.119 e. The summed E-state index contributed by atoms with van der Waals surface area (Å²) in [5.74, 6) is 0.869. The molecule has 0 N–H and O–H groups in total. The van der Waals surface area contributed by atoms with E-state index in [1.165, 1.54) is 12.8 Å². The molecule has 80 valence electrons. The average Bonchev–Trinajstić information content (AvgIpc) is 2.81. The van der Waals surface area contributed by atoms with Crippen molar-refractivity contribution in [2.75, 3.05) is 20.2 Å². The average molecular weight is 221 g/mol. The van der Waals surface area contributed by atoms with Gasteiger partial charge in [-0.05, 0) is 25.0 Å². The lowest BCUT2D eigenvalue weighted by atomic mass is 10.2. The van der Waals surface area contributed by atoms with E-state index < -0.39 is 0 Å². The van der Waals surface area contributed by atoms with E-state index in [2.05, 4.69) is 4.90 Å². The lowest BCUT2D eigenvalue weighted by Gasteiger charge is -2.18. The van der Waals surface area contributed by atoms with Gasteiger partial charge in [-0.25, -0.2) is 0 Å². The van der Waals surface area contributed by atoms with Crippen LogP contribution in [0.2, 0.25) is 0 Å². The first-order chi connectivity index (χ1) is 7.31. The van der Waals surface area contributed by atoms with Gasteiger partial charge < -0.3 is 9.64 Å². The number of methoxy groups -OCH3 is 1. The minimum absolute atomic E-state index is 0.869. The van der Waals surface area contributed by atoms with Crippen molar-refractivity contribution in [2.45, 2.75) is 12.8 Å². The summed E-state index contributed by atoms with van der Waals surface area (Å²) >= 11 is 5.46. The summed E-state index contributed by atoms with van der Waals surface area (Å²) in [4.78, 5) is 3.22. The fourth-order valence-corrected chi connectivity index (χ4v) is 2.17. The molecule has 1 fully saturated rings. The van der Waals surface area contributed by atoms with Crippen LogP contribution >= 0.6 is 12.2 Å². The van der Waals surface area contributed by atoms with E-state index in [1.807, 2.05) is 24.3 Å². The monoisotopic (exact) mass is 221 g/mol. The highest BCUT2D eigenvalue weighted by Gasteiger charge is 2.16. The molecule has 0 spiro atoms. The van der Waals surface area contributed by atoms with Crippen molar-refractivity contribution >= 4 is 17.2 Å². The molecule has 1 heterocycles. The van der Waals surface area contributed by atoms with Crippen molar-refractivity contribution < 1.29 is 4.74 Å².